The zero-order chi connectivity index (χ0) is 12.5. The molecule has 0 radical (unpaired) electrons. The van der Waals surface area contributed by atoms with Crippen LogP contribution < -0.4 is 11.1 Å². The second-order valence-electron chi connectivity index (χ2n) is 4.00. The van der Waals surface area contributed by atoms with Crippen LogP contribution in [0.15, 0.2) is 39.1 Å². The van der Waals surface area contributed by atoms with E-state index in [1.165, 1.54) is 18.0 Å². The smallest absolute Gasteiger partial charge is 0.260 e. The fourth-order valence-electron chi connectivity index (χ4n) is 1.87. The van der Waals surface area contributed by atoms with Crippen molar-refractivity contribution < 1.29 is 9.21 Å². The van der Waals surface area contributed by atoms with Gasteiger partial charge in [0.15, 0.2) is 0 Å². The van der Waals surface area contributed by atoms with Crippen molar-refractivity contribution >= 4 is 29.0 Å². The van der Waals surface area contributed by atoms with Crippen LogP contribution in [0.25, 0.3) is 0 Å². The molecular formula is C12H11N3O2S. The van der Waals surface area contributed by atoms with Crippen LogP contribution in [0, 0.1) is 0 Å². The fourth-order valence-corrected chi connectivity index (χ4v) is 2.65. The van der Waals surface area contributed by atoms with Crippen molar-refractivity contribution in [2.75, 3.05) is 11.1 Å². The number of fused-ring (bicyclic) bond motifs is 1. The highest BCUT2D eigenvalue weighted by atomic mass is 32.2. The van der Waals surface area contributed by atoms with Crippen LogP contribution >= 0.6 is 11.8 Å². The normalized spacial score (nSPS) is 14.1. The highest BCUT2D eigenvalue weighted by Gasteiger charge is 2.17. The number of hydrogen-bond donors (Lipinski definition) is 2. The zero-order valence-corrected chi connectivity index (χ0v) is 10.3. The zero-order valence-electron chi connectivity index (χ0n) is 9.47. The SMILES string of the molecule is Nc1cc2c(cc1Sc1ncco1)CCC(=O)N2. The Morgan fingerprint density at radius 2 is 2.28 bits per heavy atom. The summed E-state index contributed by atoms with van der Waals surface area (Å²) >= 11 is 1.38. The topological polar surface area (TPSA) is 81.2 Å². The van der Waals surface area contributed by atoms with E-state index < -0.39 is 0 Å². The Bertz CT molecular complexity index is 596. The van der Waals surface area contributed by atoms with Crippen LogP contribution in [0.4, 0.5) is 11.4 Å². The third-order valence-corrected chi connectivity index (χ3v) is 3.69. The maximum atomic E-state index is 11.3. The molecule has 5 nitrogen and oxygen atoms in total. The molecule has 18 heavy (non-hydrogen) atoms. The number of nitrogens with one attached hydrogen (secondary N) is 1. The highest BCUT2D eigenvalue weighted by molar-refractivity contribution is 7.99. The Kier molecular flexibility index (Phi) is 2.71. The molecule has 1 amide bonds. The van der Waals surface area contributed by atoms with Gasteiger partial charge in [-0.25, -0.2) is 4.98 Å². The lowest BCUT2D eigenvalue weighted by atomic mass is 10.0. The summed E-state index contributed by atoms with van der Waals surface area (Å²) in [5.74, 6) is 0.0370. The number of rotatable bonds is 2. The number of carbonyl (C=O) groups excluding carboxylic acids is 1. The van der Waals surface area contributed by atoms with Crippen molar-refractivity contribution in [3.63, 3.8) is 0 Å². The Morgan fingerprint density at radius 1 is 1.39 bits per heavy atom. The first-order chi connectivity index (χ1) is 8.72. The molecule has 3 N–H and O–H groups in total. The van der Waals surface area contributed by atoms with Gasteiger partial charge < -0.3 is 15.5 Å². The maximum Gasteiger partial charge on any atom is 0.260 e. The number of aromatic nitrogens is 1. The minimum atomic E-state index is 0.0370. The monoisotopic (exact) mass is 261 g/mol. The van der Waals surface area contributed by atoms with Crippen molar-refractivity contribution in [1.29, 1.82) is 0 Å². The first-order valence-corrected chi connectivity index (χ1v) is 6.33. The van der Waals surface area contributed by atoms with Crippen LogP contribution in [0.1, 0.15) is 12.0 Å². The predicted octanol–water partition coefficient (Wildman–Crippen LogP) is 2.29. The average molecular weight is 261 g/mol. The van der Waals surface area contributed by atoms with Crippen LogP contribution in [-0.4, -0.2) is 10.9 Å². The van der Waals surface area contributed by atoms with Gasteiger partial charge in [0, 0.05) is 22.7 Å². The van der Waals surface area contributed by atoms with E-state index in [-0.39, 0.29) is 5.91 Å². The number of nitrogens with zero attached hydrogens (tertiary/aromatic N) is 1. The van der Waals surface area contributed by atoms with Gasteiger partial charge in [0.2, 0.25) is 5.91 Å². The first kappa shape index (κ1) is 11.2. The Balaban J connectivity index is 1.94. The predicted molar refractivity (Wildman–Crippen MR) is 68.4 cm³/mol. The highest BCUT2D eigenvalue weighted by Crippen LogP contribution is 2.36. The van der Waals surface area contributed by atoms with Crippen LogP contribution in [-0.2, 0) is 11.2 Å². The molecule has 2 heterocycles. The number of amides is 1. The van der Waals surface area contributed by atoms with E-state index >= 15 is 0 Å². The van der Waals surface area contributed by atoms with Gasteiger partial charge in [-0.3, -0.25) is 4.79 Å². The summed E-state index contributed by atoms with van der Waals surface area (Å²) in [5.41, 5.74) is 8.48. The van der Waals surface area contributed by atoms with E-state index in [0.717, 1.165) is 22.6 Å². The quantitative estimate of drug-likeness (QED) is 0.811. The van der Waals surface area contributed by atoms with E-state index in [9.17, 15) is 4.79 Å². The number of oxazole rings is 1. The summed E-state index contributed by atoms with van der Waals surface area (Å²) in [6, 6.07) is 3.77. The molecule has 0 unspecified atom stereocenters. The van der Waals surface area contributed by atoms with E-state index in [1.807, 2.05) is 6.07 Å². The first-order valence-electron chi connectivity index (χ1n) is 5.52. The lowest BCUT2D eigenvalue weighted by Gasteiger charge is -2.18. The number of nitrogen functional groups attached to an aromatic ring is 1. The Labute approximate surface area is 108 Å². The van der Waals surface area contributed by atoms with Crippen molar-refractivity contribution in [1.82, 2.24) is 4.98 Å². The van der Waals surface area contributed by atoms with E-state index in [2.05, 4.69) is 10.3 Å². The lowest BCUT2D eigenvalue weighted by Crippen LogP contribution is -2.19. The number of aryl methyl sites for hydroxylation is 1. The molecule has 92 valence electrons. The summed E-state index contributed by atoms with van der Waals surface area (Å²) < 4.78 is 5.18. The van der Waals surface area contributed by atoms with Gasteiger partial charge >= 0.3 is 0 Å². The van der Waals surface area contributed by atoms with Crippen molar-refractivity contribution in [3.8, 4) is 0 Å². The van der Waals surface area contributed by atoms with Gasteiger partial charge in [-0.15, -0.1) is 0 Å². The van der Waals surface area contributed by atoms with Crippen LogP contribution in [0.2, 0.25) is 0 Å². The van der Waals surface area contributed by atoms with Gasteiger partial charge in [0.25, 0.3) is 5.22 Å². The second-order valence-corrected chi connectivity index (χ2v) is 4.99. The molecule has 1 aliphatic rings. The standard InChI is InChI=1S/C12H11N3O2S/c13-8-6-9-7(1-2-11(16)15-9)5-10(8)18-12-14-3-4-17-12/h3-6H,1-2,13H2,(H,15,16). The molecule has 0 spiro atoms. The molecule has 0 atom stereocenters. The molecule has 1 aliphatic heterocycles. The van der Waals surface area contributed by atoms with Gasteiger partial charge in [-0.1, -0.05) is 0 Å². The van der Waals surface area contributed by atoms with Crippen LogP contribution in [0.3, 0.4) is 0 Å². The molecule has 3 rings (SSSR count). The Morgan fingerprint density at radius 3 is 3.06 bits per heavy atom. The summed E-state index contributed by atoms with van der Waals surface area (Å²) in [5, 5.41) is 3.38. The number of carbonyl (C=O) groups is 1. The molecule has 0 aliphatic carbocycles. The molecule has 1 aromatic heterocycles. The molecule has 0 fully saturated rings. The average Bonchev–Trinajstić information content (AvgIpc) is 2.83. The number of benzene rings is 1. The largest absolute Gasteiger partial charge is 0.440 e. The summed E-state index contributed by atoms with van der Waals surface area (Å²) in [6.45, 7) is 0. The number of nitrogens with two attached hydrogens (primary N) is 1. The summed E-state index contributed by atoms with van der Waals surface area (Å²) in [7, 11) is 0. The number of anilines is 2. The van der Waals surface area contributed by atoms with Gasteiger partial charge in [-0.05, 0) is 35.9 Å². The molecule has 0 saturated carbocycles. The maximum absolute atomic E-state index is 11.3. The van der Waals surface area contributed by atoms with Gasteiger partial charge in [-0.2, -0.15) is 0 Å². The summed E-state index contributed by atoms with van der Waals surface area (Å²) in [4.78, 5) is 16.2. The minimum absolute atomic E-state index is 0.0370. The molecule has 0 bridgehead atoms. The minimum Gasteiger partial charge on any atom is -0.440 e. The van der Waals surface area contributed by atoms with Gasteiger partial charge in [0.1, 0.15) is 6.26 Å². The van der Waals surface area contributed by atoms with Crippen molar-refractivity contribution in [2.24, 2.45) is 0 Å². The number of hydrogen-bond acceptors (Lipinski definition) is 5. The Hall–Kier alpha value is -1.95. The molecular weight excluding hydrogens is 250 g/mol. The van der Waals surface area contributed by atoms with E-state index in [0.29, 0.717) is 17.3 Å². The molecule has 0 saturated heterocycles. The van der Waals surface area contributed by atoms with Crippen LogP contribution in [0.5, 0.6) is 0 Å². The van der Waals surface area contributed by atoms with Crippen molar-refractivity contribution in [2.45, 2.75) is 23.0 Å². The van der Waals surface area contributed by atoms with E-state index in [4.69, 9.17) is 10.2 Å². The fraction of sp³-hybridized carbons (Fsp3) is 0.167. The lowest BCUT2D eigenvalue weighted by molar-refractivity contribution is -0.116. The second kappa shape index (κ2) is 4.38. The van der Waals surface area contributed by atoms with Gasteiger partial charge in [0.05, 0.1) is 6.20 Å². The molecule has 6 heteroatoms. The summed E-state index contributed by atoms with van der Waals surface area (Å²) in [6.07, 6.45) is 4.37. The van der Waals surface area contributed by atoms with Crippen molar-refractivity contribution in [3.05, 3.63) is 30.2 Å². The molecule has 2 aromatic rings. The van der Waals surface area contributed by atoms with E-state index in [1.54, 1.807) is 12.3 Å². The molecule has 1 aromatic carbocycles. The third kappa shape index (κ3) is 2.06. The third-order valence-electron chi connectivity index (χ3n) is 2.74.